The average molecular weight is 322 g/mol. The number of nitrogens with zero attached hydrogens (tertiary/aromatic N) is 4. The Labute approximate surface area is 134 Å². The lowest BCUT2D eigenvalue weighted by molar-refractivity contribution is -0.138. The van der Waals surface area contributed by atoms with E-state index < -0.39 is 5.97 Å². The van der Waals surface area contributed by atoms with Gasteiger partial charge in [0.25, 0.3) is 0 Å². The average Bonchev–Trinajstić information content (AvgIpc) is 3.13. The second kappa shape index (κ2) is 6.27. The van der Waals surface area contributed by atoms with E-state index in [0.29, 0.717) is 13.1 Å². The van der Waals surface area contributed by atoms with Crippen LogP contribution in [0.1, 0.15) is 49.6 Å². The van der Waals surface area contributed by atoms with Crippen molar-refractivity contribution in [3.8, 4) is 0 Å². The maximum atomic E-state index is 12.6. The lowest BCUT2D eigenvalue weighted by atomic mass is 9.96. The summed E-state index contributed by atoms with van der Waals surface area (Å²) in [5.74, 6) is -0.954. The Hall–Kier alpha value is -1.96. The molecule has 0 aliphatic carbocycles. The van der Waals surface area contributed by atoms with Gasteiger partial charge in [-0.05, 0) is 33.1 Å². The number of ether oxygens (including phenoxy) is 1. The zero-order valence-corrected chi connectivity index (χ0v) is 13.4. The first kappa shape index (κ1) is 15.9. The number of aromatic carboxylic acids is 1. The van der Waals surface area contributed by atoms with E-state index >= 15 is 0 Å². The van der Waals surface area contributed by atoms with Crippen molar-refractivity contribution >= 4 is 11.9 Å². The van der Waals surface area contributed by atoms with E-state index in [1.165, 1.54) is 6.20 Å². The summed E-state index contributed by atoms with van der Waals surface area (Å²) >= 11 is 0. The third-order valence-corrected chi connectivity index (χ3v) is 4.80. The number of piperidine rings is 1. The van der Waals surface area contributed by atoms with Gasteiger partial charge in [-0.1, -0.05) is 5.21 Å². The summed E-state index contributed by atoms with van der Waals surface area (Å²) < 4.78 is 7.28. The van der Waals surface area contributed by atoms with Crippen molar-refractivity contribution in [2.24, 2.45) is 5.92 Å². The Morgan fingerprint density at radius 1 is 1.30 bits per heavy atom. The number of carbonyl (C=O) groups excluding carboxylic acids is 1. The van der Waals surface area contributed by atoms with Gasteiger partial charge in [-0.25, -0.2) is 9.48 Å². The summed E-state index contributed by atoms with van der Waals surface area (Å²) in [5.41, 5.74) is -0.0468. The Kier molecular flexibility index (Phi) is 4.34. The lowest BCUT2D eigenvalue weighted by Gasteiger charge is -2.33. The topological polar surface area (TPSA) is 97.6 Å². The zero-order chi connectivity index (χ0) is 16.6. The highest BCUT2D eigenvalue weighted by atomic mass is 16.5. The van der Waals surface area contributed by atoms with Crippen molar-refractivity contribution in [1.29, 1.82) is 0 Å². The van der Waals surface area contributed by atoms with Gasteiger partial charge in [0, 0.05) is 13.1 Å². The Morgan fingerprint density at radius 2 is 2.00 bits per heavy atom. The number of amides is 1. The minimum absolute atomic E-state index is 0.0244. The zero-order valence-electron chi connectivity index (χ0n) is 13.4. The smallest absolute Gasteiger partial charge is 0.358 e. The van der Waals surface area contributed by atoms with Crippen LogP contribution in [-0.4, -0.2) is 62.2 Å². The molecule has 3 rings (SSSR count). The molecule has 1 N–H and O–H groups in total. The summed E-state index contributed by atoms with van der Waals surface area (Å²) in [5, 5.41) is 16.4. The number of hydrogen-bond donors (Lipinski definition) is 1. The molecule has 8 heteroatoms. The van der Waals surface area contributed by atoms with Crippen molar-refractivity contribution < 1.29 is 19.4 Å². The van der Waals surface area contributed by atoms with Gasteiger partial charge in [0.05, 0.1) is 30.4 Å². The summed E-state index contributed by atoms with van der Waals surface area (Å²) in [6.07, 6.45) is 3.87. The fourth-order valence-electron chi connectivity index (χ4n) is 3.51. The van der Waals surface area contributed by atoms with Gasteiger partial charge in [0.15, 0.2) is 5.69 Å². The molecule has 0 spiro atoms. The molecule has 23 heavy (non-hydrogen) atoms. The van der Waals surface area contributed by atoms with E-state index in [9.17, 15) is 9.59 Å². The molecular weight excluding hydrogens is 300 g/mol. The third kappa shape index (κ3) is 3.21. The van der Waals surface area contributed by atoms with Crippen LogP contribution in [-0.2, 0) is 9.53 Å². The van der Waals surface area contributed by atoms with Gasteiger partial charge >= 0.3 is 5.97 Å². The number of likely N-dealkylation sites (tertiary alicyclic amines) is 1. The summed E-state index contributed by atoms with van der Waals surface area (Å²) in [6, 6.07) is 0.0934. The predicted octanol–water partition coefficient (Wildman–Crippen LogP) is 0.953. The van der Waals surface area contributed by atoms with Crippen molar-refractivity contribution in [3.05, 3.63) is 11.9 Å². The minimum atomic E-state index is -1.08. The maximum absolute atomic E-state index is 12.6. The normalized spacial score (nSPS) is 29.0. The Morgan fingerprint density at radius 3 is 2.52 bits per heavy atom. The number of rotatable bonds is 3. The molecule has 126 valence electrons. The maximum Gasteiger partial charge on any atom is 0.358 e. The number of aromatic nitrogens is 3. The molecule has 3 atom stereocenters. The van der Waals surface area contributed by atoms with Gasteiger partial charge < -0.3 is 14.7 Å². The summed E-state index contributed by atoms with van der Waals surface area (Å²) in [4.78, 5) is 25.4. The van der Waals surface area contributed by atoms with E-state index in [2.05, 4.69) is 10.3 Å². The molecule has 0 radical (unpaired) electrons. The quantitative estimate of drug-likeness (QED) is 0.890. The molecule has 3 heterocycles. The van der Waals surface area contributed by atoms with Gasteiger partial charge in [-0.2, -0.15) is 0 Å². The monoisotopic (exact) mass is 322 g/mol. The van der Waals surface area contributed by atoms with Gasteiger partial charge in [-0.15, -0.1) is 5.10 Å². The van der Waals surface area contributed by atoms with E-state index in [4.69, 9.17) is 9.84 Å². The Balaban J connectivity index is 1.57. The van der Waals surface area contributed by atoms with E-state index in [1.807, 2.05) is 18.7 Å². The molecule has 3 unspecified atom stereocenters. The Bertz CT molecular complexity index is 594. The molecule has 0 bridgehead atoms. The number of hydrogen-bond acceptors (Lipinski definition) is 5. The first-order valence-electron chi connectivity index (χ1n) is 8.05. The molecule has 1 amide bonds. The highest BCUT2D eigenvalue weighted by Crippen LogP contribution is 2.30. The summed E-state index contributed by atoms with van der Waals surface area (Å²) in [7, 11) is 0. The fraction of sp³-hybridized carbons (Fsp3) is 0.733. The fourth-order valence-corrected chi connectivity index (χ4v) is 3.51. The number of carbonyl (C=O) groups is 2. The molecular formula is C15H22N4O4. The molecule has 2 saturated heterocycles. The molecule has 2 fully saturated rings. The highest BCUT2D eigenvalue weighted by Gasteiger charge is 2.38. The first-order valence-corrected chi connectivity index (χ1v) is 8.05. The van der Waals surface area contributed by atoms with Crippen LogP contribution < -0.4 is 0 Å². The predicted molar refractivity (Wildman–Crippen MR) is 79.9 cm³/mol. The standard InChI is InChI=1S/C15H22N4O4/c1-9-7-12(10(2)23-9)14(20)18-5-3-11(4-6-18)19-8-13(15(21)22)16-17-19/h8-12H,3-7H2,1-2H3,(H,21,22). The second-order valence-corrected chi connectivity index (χ2v) is 6.44. The molecule has 2 aliphatic rings. The van der Waals surface area contributed by atoms with Gasteiger partial charge in [0.1, 0.15) is 0 Å². The van der Waals surface area contributed by atoms with Crippen LogP contribution in [0.4, 0.5) is 0 Å². The van der Waals surface area contributed by atoms with Crippen molar-refractivity contribution in [2.45, 2.75) is 51.4 Å². The largest absolute Gasteiger partial charge is 0.476 e. The summed E-state index contributed by atoms with van der Waals surface area (Å²) in [6.45, 7) is 5.27. The van der Waals surface area contributed by atoms with E-state index in [1.54, 1.807) is 4.68 Å². The van der Waals surface area contributed by atoms with Crippen molar-refractivity contribution in [1.82, 2.24) is 19.9 Å². The van der Waals surface area contributed by atoms with Crippen LogP contribution in [0.2, 0.25) is 0 Å². The number of carboxylic acids is 1. The molecule has 1 aromatic heterocycles. The van der Waals surface area contributed by atoms with Gasteiger partial charge in [0.2, 0.25) is 5.91 Å². The van der Waals surface area contributed by atoms with Gasteiger partial charge in [-0.3, -0.25) is 4.79 Å². The van der Waals surface area contributed by atoms with E-state index in [0.717, 1.165) is 19.3 Å². The van der Waals surface area contributed by atoms with Crippen molar-refractivity contribution in [3.63, 3.8) is 0 Å². The molecule has 0 aromatic carbocycles. The van der Waals surface area contributed by atoms with Crippen LogP contribution in [0.3, 0.4) is 0 Å². The van der Waals surface area contributed by atoms with Crippen LogP contribution in [0.5, 0.6) is 0 Å². The van der Waals surface area contributed by atoms with E-state index in [-0.39, 0.29) is 35.8 Å². The highest BCUT2D eigenvalue weighted by molar-refractivity contribution is 5.84. The molecule has 8 nitrogen and oxygen atoms in total. The van der Waals surface area contributed by atoms with Crippen LogP contribution in [0, 0.1) is 5.92 Å². The third-order valence-electron chi connectivity index (χ3n) is 4.80. The SMILES string of the molecule is CC1CC(C(=O)N2CCC(n3cc(C(=O)O)nn3)CC2)C(C)O1. The lowest BCUT2D eigenvalue weighted by Crippen LogP contribution is -2.43. The number of carboxylic acid groups (broad SMARTS) is 1. The molecule has 0 saturated carbocycles. The molecule has 1 aromatic rings. The van der Waals surface area contributed by atoms with Crippen LogP contribution >= 0.6 is 0 Å². The molecule has 2 aliphatic heterocycles. The van der Waals surface area contributed by atoms with Crippen LogP contribution in [0.25, 0.3) is 0 Å². The first-order chi connectivity index (χ1) is 11.0. The second-order valence-electron chi connectivity index (χ2n) is 6.44. The van der Waals surface area contributed by atoms with Crippen molar-refractivity contribution in [2.75, 3.05) is 13.1 Å². The minimum Gasteiger partial charge on any atom is -0.476 e. The van der Waals surface area contributed by atoms with Crippen LogP contribution in [0.15, 0.2) is 6.20 Å².